The summed E-state index contributed by atoms with van der Waals surface area (Å²) in [6.45, 7) is 10.7. The summed E-state index contributed by atoms with van der Waals surface area (Å²) in [5.41, 5.74) is 0. The Kier molecular flexibility index (Phi) is 8.79. The van der Waals surface area contributed by atoms with E-state index in [0.29, 0.717) is 25.6 Å². The molecule has 0 N–H and O–H groups in total. The zero-order valence-corrected chi connectivity index (χ0v) is 12.0. The van der Waals surface area contributed by atoms with E-state index in [-0.39, 0.29) is 0 Å². The molecule has 0 aromatic heterocycles. The molecule has 0 saturated carbocycles. The molecule has 6 heteroatoms. The van der Waals surface area contributed by atoms with Crippen LogP contribution in [0.25, 0.3) is 0 Å². The van der Waals surface area contributed by atoms with Crippen molar-refractivity contribution in [1.29, 1.82) is 0 Å². The second-order valence-corrected chi connectivity index (χ2v) is 4.98. The van der Waals surface area contributed by atoms with Crippen LogP contribution < -0.4 is 0 Å². The van der Waals surface area contributed by atoms with Gasteiger partial charge in [0, 0.05) is 25.9 Å². The lowest BCUT2D eigenvalue weighted by molar-refractivity contribution is -0.00795. The van der Waals surface area contributed by atoms with Crippen LogP contribution in [0.15, 0.2) is 24.7 Å². The highest BCUT2D eigenvalue weighted by Gasteiger charge is 2.47. The van der Waals surface area contributed by atoms with Crippen LogP contribution in [0.5, 0.6) is 0 Å². The third-order valence-corrected chi connectivity index (χ3v) is 4.05. The summed E-state index contributed by atoms with van der Waals surface area (Å²) in [6.07, 6.45) is 3.05. The van der Waals surface area contributed by atoms with Gasteiger partial charge in [0.15, 0.2) is 0 Å². The first kappa shape index (κ1) is 16.2. The molecular weight excluding hydrogens is 240 g/mol. The Bertz CT molecular complexity index is 225. The third kappa shape index (κ3) is 6.47. The molecular formula is C11H22O5Si. The number of allylic oxidation sites excluding steroid dienone is 1. The van der Waals surface area contributed by atoms with E-state index in [1.165, 1.54) is 6.26 Å². The number of rotatable bonds is 10. The zero-order chi connectivity index (χ0) is 13.1. The molecule has 0 aliphatic heterocycles. The van der Waals surface area contributed by atoms with Crippen molar-refractivity contribution in [1.82, 2.24) is 0 Å². The molecule has 17 heavy (non-hydrogen) atoms. The van der Waals surface area contributed by atoms with Crippen molar-refractivity contribution >= 4 is 9.05 Å². The van der Waals surface area contributed by atoms with Gasteiger partial charge in [-0.2, -0.15) is 0 Å². The van der Waals surface area contributed by atoms with Gasteiger partial charge in [-0.15, -0.1) is 0 Å². The van der Waals surface area contributed by atoms with Crippen LogP contribution in [0, 0.1) is 0 Å². The molecule has 0 radical (unpaired) electrons. The number of hydrogen-bond acceptors (Lipinski definition) is 5. The van der Waals surface area contributed by atoms with Crippen molar-refractivity contribution < 1.29 is 22.4 Å². The first-order valence-corrected chi connectivity index (χ1v) is 7.26. The maximum Gasteiger partial charge on any atom is 0.749 e. The molecule has 0 heterocycles. The first-order valence-electron chi connectivity index (χ1n) is 5.63. The van der Waals surface area contributed by atoms with Crippen molar-refractivity contribution in [2.24, 2.45) is 0 Å². The summed E-state index contributed by atoms with van der Waals surface area (Å²) >= 11 is 0. The standard InChI is InChI=1S/C11H22O5Si/c1-6-13-17(14-7-2,15-8-3)16-11(4)9-10-12-5/h9-10H,4,6-8H2,1-3,5H3/b10-9+. The van der Waals surface area contributed by atoms with Crippen LogP contribution in [0.2, 0.25) is 0 Å². The van der Waals surface area contributed by atoms with E-state index in [9.17, 15) is 0 Å². The maximum atomic E-state index is 5.57. The van der Waals surface area contributed by atoms with E-state index in [2.05, 4.69) is 6.58 Å². The SMILES string of the molecule is C=C(/C=C/OC)O[Si](OCC)(OCC)OCC. The van der Waals surface area contributed by atoms with Crippen molar-refractivity contribution in [2.75, 3.05) is 26.9 Å². The Hall–Kier alpha value is -0.823. The quantitative estimate of drug-likeness (QED) is 0.343. The zero-order valence-electron chi connectivity index (χ0n) is 11.0. The molecule has 0 bridgehead atoms. The van der Waals surface area contributed by atoms with Gasteiger partial charge in [0.2, 0.25) is 0 Å². The fourth-order valence-electron chi connectivity index (χ4n) is 1.08. The van der Waals surface area contributed by atoms with Gasteiger partial charge in [-0.05, 0) is 20.8 Å². The van der Waals surface area contributed by atoms with Crippen LogP contribution in [0.3, 0.4) is 0 Å². The highest BCUT2D eigenvalue weighted by molar-refractivity contribution is 6.53. The first-order chi connectivity index (χ1) is 8.14. The van der Waals surface area contributed by atoms with Gasteiger partial charge < -0.3 is 22.4 Å². The normalized spacial score (nSPS) is 11.8. The van der Waals surface area contributed by atoms with Gasteiger partial charge in [-0.25, -0.2) is 0 Å². The van der Waals surface area contributed by atoms with Crippen LogP contribution in [0.4, 0.5) is 0 Å². The van der Waals surface area contributed by atoms with Gasteiger partial charge in [-0.1, -0.05) is 6.58 Å². The predicted octanol–water partition coefficient (Wildman–Crippen LogP) is 2.22. The minimum absolute atomic E-state index is 0.383. The summed E-state index contributed by atoms with van der Waals surface area (Å²) < 4.78 is 26.8. The average Bonchev–Trinajstić information content (AvgIpc) is 2.27. The Morgan fingerprint density at radius 3 is 1.88 bits per heavy atom. The van der Waals surface area contributed by atoms with E-state index in [1.807, 2.05) is 20.8 Å². The summed E-state index contributed by atoms with van der Waals surface area (Å²) in [5.74, 6) is 0.383. The summed E-state index contributed by atoms with van der Waals surface area (Å²) in [5, 5.41) is 0. The van der Waals surface area contributed by atoms with Crippen molar-refractivity contribution in [2.45, 2.75) is 20.8 Å². The highest BCUT2D eigenvalue weighted by atomic mass is 28.4. The van der Waals surface area contributed by atoms with Gasteiger partial charge in [0.1, 0.15) is 5.76 Å². The molecule has 0 aromatic rings. The number of ether oxygens (including phenoxy) is 1. The van der Waals surface area contributed by atoms with Gasteiger partial charge >= 0.3 is 9.05 Å². The molecule has 0 aliphatic rings. The van der Waals surface area contributed by atoms with Crippen LogP contribution in [0.1, 0.15) is 20.8 Å². The second-order valence-electron chi connectivity index (χ2n) is 2.91. The molecule has 0 saturated heterocycles. The van der Waals surface area contributed by atoms with E-state index in [4.69, 9.17) is 22.4 Å². The van der Waals surface area contributed by atoms with Crippen LogP contribution >= 0.6 is 0 Å². The van der Waals surface area contributed by atoms with Crippen LogP contribution in [-0.2, 0) is 22.4 Å². The average molecular weight is 262 g/mol. The summed E-state index contributed by atoms with van der Waals surface area (Å²) in [7, 11) is -1.57. The molecule has 0 atom stereocenters. The Labute approximate surface area is 104 Å². The smallest absolute Gasteiger partial charge is 0.504 e. The van der Waals surface area contributed by atoms with Crippen molar-refractivity contribution in [3.63, 3.8) is 0 Å². The molecule has 0 aliphatic carbocycles. The lowest BCUT2D eigenvalue weighted by Crippen LogP contribution is -2.48. The van der Waals surface area contributed by atoms with E-state index >= 15 is 0 Å². The fourth-order valence-corrected chi connectivity index (χ4v) is 2.96. The number of hydrogen-bond donors (Lipinski definition) is 0. The molecule has 5 nitrogen and oxygen atoms in total. The molecule has 0 fully saturated rings. The van der Waals surface area contributed by atoms with Crippen molar-refractivity contribution in [3.8, 4) is 0 Å². The summed E-state index contributed by atoms with van der Waals surface area (Å²) in [4.78, 5) is 0. The fraction of sp³-hybridized carbons (Fsp3) is 0.636. The van der Waals surface area contributed by atoms with Gasteiger partial charge in [0.05, 0.1) is 13.4 Å². The third-order valence-electron chi connectivity index (χ3n) is 1.61. The molecule has 0 aromatic carbocycles. The van der Waals surface area contributed by atoms with Gasteiger partial charge in [-0.3, -0.25) is 0 Å². The Balaban J connectivity index is 4.63. The lowest BCUT2D eigenvalue weighted by Gasteiger charge is -2.26. The summed E-state index contributed by atoms with van der Waals surface area (Å²) in [6, 6.07) is 0. The predicted molar refractivity (Wildman–Crippen MR) is 67.0 cm³/mol. The van der Waals surface area contributed by atoms with E-state index < -0.39 is 9.05 Å². The monoisotopic (exact) mass is 262 g/mol. The van der Waals surface area contributed by atoms with E-state index in [0.717, 1.165) is 0 Å². The molecule has 100 valence electrons. The number of methoxy groups -OCH3 is 1. The lowest BCUT2D eigenvalue weighted by atomic mass is 10.5. The molecule has 0 rings (SSSR count). The van der Waals surface area contributed by atoms with Crippen molar-refractivity contribution in [3.05, 3.63) is 24.7 Å². The van der Waals surface area contributed by atoms with E-state index in [1.54, 1.807) is 13.2 Å². The topological polar surface area (TPSA) is 46.2 Å². The largest absolute Gasteiger partial charge is 0.749 e. The highest BCUT2D eigenvalue weighted by Crippen LogP contribution is 2.16. The Morgan fingerprint density at radius 2 is 1.53 bits per heavy atom. The minimum atomic E-state index is -3.11. The molecule has 0 unspecified atom stereocenters. The minimum Gasteiger partial charge on any atom is -0.504 e. The Morgan fingerprint density at radius 1 is 1.06 bits per heavy atom. The molecule has 0 amide bonds. The maximum absolute atomic E-state index is 5.57. The second kappa shape index (κ2) is 9.23. The van der Waals surface area contributed by atoms with Gasteiger partial charge in [0.25, 0.3) is 0 Å². The van der Waals surface area contributed by atoms with Crippen LogP contribution in [-0.4, -0.2) is 36.0 Å². The molecule has 0 spiro atoms.